The molecular weight excluding hydrogens is 352 g/mol. The molecule has 3 rings (SSSR count). The van der Waals surface area contributed by atoms with Crippen LogP contribution in [0.5, 0.6) is 0 Å². The van der Waals surface area contributed by atoms with E-state index < -0.39 is 17.5 Å². The van der Waals surface area contributed by atoms with E-state index in [1.807, 2.05) is 0 Å². The van der Waals surface area contributed by atoms with E-state index in [9.17, 15) is 13.6 Å². The third kappa shape index (κ3) is 4.30. The maximum absolute atomic E-state index is 13.3. The van der Waals surface area contributed by atoms with Crippen LogP contribution in [0.2, 0.25) is 0 Å². The molecule has 1 aromatic carbocycles. The van der Waals surface area contributed by atoms with Gasteiger partial charge in [-0.15, -0.1) is 0 Å². The van der Waals surface area contributed by atoms with Gasteiger partial charge in [-0.3, -0.25) is 20.2 Å². The number of halogens is 2. The molecule has 0 aliphatic heterocycles. The van der Waals surface area contributed by atoms with Gasteiger partial charge in [0.2, 0.25) is 0 Å². The van der Waals surface area contributed by atoms with Gasteiger partial charge in [-0.2, -0.15) is 0 Å². The zero-order chi connectivity index (χ0) is 19.4. The van der Waals surface area contributed by atoms with E-state index in [0.717, 1.165) is 24.0 Å². The first-order valence-corrected chi connectivity index (χ1v) is 7.94. The number of carbonyl (C=O) groups excluding carboxylic acids is 1. The molecule has 0 bridgehead atoms. The van der Waals surface area contributed by atoms with Gasteiger partial charge in [0.15, 0.2) is 11.6 Å². The summed E-state index contributed by atoms with van der Waals surface area (Å²) in [4.78, 5) is 16.4. The first-order chi connectivity index (χ1) is 13.0. The van der Waals surface area contributed by atoms with Crippen LogP contribution >= 0.6 is 0 Å². The van der Waals surface area contributed by atoms with Crippen LogP contribution in [0.4, 0.5) is 14.6 Å². The molecule has 0 saturated heterocycles. The number of amides is 1. The first kappa shape index (κ1) is 18.1. The molecule has 2 aromatic heterocycles. The number of hydrogen-bond acceptors (Lipinski definition) is 4. The summed E-state index contributed by atoms with van der Waals surface area (Å²) in [6.07, 6.45) is 4.23. The Hall–Kier alpha value is -3.68. The lowest BCUT2D eigenvalue weighted by Crippen LogP contribution is -2.21. The molecule has 1 amide bonds. The lowest BCUT2D eigenvalue weighted by atomic mass is 10.1. The molecule has 0 atom stereocenters. The third-order valence-corrected chi connectivity index (χ3v) is 3.84. The van der Waals surface area contributed by atoms with Crippen molar-refractivity contribution in [2.75, 3.05) is 5.32 Å². The average Bonchev–Trinajstić information content (AvgIpc) is 2.66. The lowest BCUT2D eigenvalue weighted by molar-refractivity contribution is 0.102. The summed E-state index contributed by atoms with van der Waals surface area (Å²) >= 11 is 0. The highest BCUT2D eigenvalue weighted by Gasteiger charge is 2.08. The number of anilines is 1. The molecule has 8 heteroatoms. The van der Waals surface area contributed by atoms with Crippen LogP contribution in [0.3, 0.4) is 0 Å². The minimum absolute atomic E-state index is 0.0845. The van der Waals surface area contributed by atoms with Crippen LogP contribution in [0.25, 0.3) is 0 Å². The fraction of sp³-hybridized carbons (Fsp3) is 0.0526. The van der Waals surface area contributed by atoms with Crippen molar-refractivity contribution in [1.29, 1.82) is 10.8 Å². The van der Waals surface area contributed by atoms with E-state index >= 15 is 0 Å². The van der Waals surface area contributed by atoms with E-state index in [2.05, 4.69) is 10.3 Å². The van der Waals surface area contributed by atoms with Crippen molar-refractivity contribution < 1.29 is 13.6 Å². The van der Waals surface area contributed by atoms with Crippen molar-refractivity contribution in [2.24, 2.45) is 0 Å². The first-order valence-electron chi connectivity index (χ1n) is 7.94. The Bertz CT molecular complexity index is 1060. The Morgan fingerprint density at radius 2 is 1.89 bits per heavy atom. The molecule has 136 valence electrons. The Labute approximate surface area is 153 Å². The largest absolute Gasteiger partial charge is 0.307 e. The second kappa shape index (κ2) is 7.69. The van der Waals surface area contributed by atoms with E-state index in [-0.39, 0.29) is 11.1 Å². The van der Waals surface area contributed by atoms with Gasteiger partial charge in [0.05, 0.1) is 11.9 Å². The van der Waals surface area contributed by atoms with Crippen molar-refractivity contribution in [3.8, 4) is 0 Å². The smallest absolute Gasteiger partial charge is 0.258 e. The van der Waals surface area contributed by atoms with Gasteiger partial charge < -0.3 is 5.32 Å². The zero-order valence-corrected chi connectivity index (χ0v) is 14.0. The number of aromatic nitrogens is 2. The summed E-state index contributed by atoms with van der Waals surface area (Å²) in [5, 5.41) is 17.4. The second-order valence-corrected chi connectivity index (χ2v) is 5.77. The Morgan fingerprint density at radius 3 is 2.56 bits per heavy atom. The molecule has 3 aromatic rings. The molecule has 6 nitrogen and oxygen atoms in total. The topological polar surface area (TPSA) is 94.6 Å². The summed E-state index contributed by atoms with van der Waals surface area (Å²) in [5.74, 6) is -1.89. The van der Waals surface area contributed by atoms with Crippen molar-refractivity contribution in [1.82, 2.24) is 9.55 Å². The molecule has 2 heterocycles. The minimum atomic E-state index is -0.898. The number of rotatable bonds is 5. The van der Waals surface area contributed by atoms with Gasteiger partial charge in [0, 0.05) is 12.4 Å². The number of pyridine rings is 2. The van der Waals surface area contributed by atoms with E-state index in [0.29, 0.717) is 17.8 Å². The highest BCUT2D eigenvalue weighted by molar-refractivity contribution is 6.03. The highest BCUT2D eigenvalue weighted by atomic mass is 19.2. The SMILES string of the molecule is N=Cn1cc(C(=O)Nc2ccc(Cc3ccc(F)c(F)c3)cn2)ccc1=N. The van der Waals surface area contributed by atoms with E-state index in [1.54, 1.807) is 18.3 Å². The van der Waals surface area contributed by atoms with E-state index in [1.165, 1.54) is 29.0 Å². The standard InChI is InChI=1S/C19H15F2N5O/c20-15-4-1-12(8-16(15)21)7-13-2-6-18(24-9-13)25-19(27)14-3-5-17(23)26(10-14)11-22/h1-6,8-11,22-23H,7H2,(H,24,25,27). The summed E-state index contributed by atoms with van der Waals surface area (Å²) in [5.41, 5.74) is 1.75. The quantitative estimate of drug-likeness (QED) is 0.478. The molecule has 0 aliphatic carbocycles. The van der Waals surface area contributed by atoms with Crippen molar-refractivity contribution in [2.45, 2.75) is 6.42 Å². The number of hydrogen-bond donors (Lipinski definition) is 3. The molecule has 27 heavy (non-hydrogen) atoms. The van der Waals surface area contributed by atoms with Crippen LogP contribution in [-0.2, 0) is 6.42 Å². The molecule has 0 aliphatic rings. The average molecular weight is 367 g/mol. The fourth-order valence-electron chi connectivity index (χ4n) is 2.44. The van der Waals surface area contributed by atoms with Crippen LogP contribution in [0.15, 0.2) is 54.9 Å². The number of nitrogens with zero attached hydrogens (tertiary/aromatic N) is 2. The van der Waals surface area contributed by atoms with Crippen LogP contribution < -0.4 is 10.8 Å². The highest BCUT2D eigenvalue weighted by Crippen LogP contribution is 2.14. The summed E-state index contributed by atoms with van der Waals surface area (Å²) in [6.45, 7) is 0. The number of carbonyl (C=O) groups is 1. The molecule has 0 radical (unpaired) electrons. The molecule has 0 fully saturated rings. The monoisotopic (exact) mass is 367 g/mol. The van der Waals surface area contributed by atoms with Crippen molar-refractivity contribution in [3.05, 3.63) is 88.7 Å². The molecular formula is C19H15F2N5O. The predicted molar refractivity (Wildman–Crippen MR) is 95.8 cm³/mol. The Balaban J connectivity index is 1.70. The minimum Gasteiger partial charge on any atom is -0.307 e. The molecule has 0 spiro atoms. The van der Waals surface area contributed by atoms with Gasteiger partial charge in [-0.25, -0.2) is 13.8 Å². The predicted octanol–water partition coefficient (Wildman–Crippen LogP) is 2.94. The summed E-state index contributed by atoms with van der Waals surface area (Å²) in [7, 11) is 0. The maximum Gasteiger partial charge on any atom is 0.258 e. The van der Waals surface area contributed by atoms with Gasteiger partial charge in [0.25, 0.3) is 5.91 Å². The van der Waals surface area contributed by atoms with Crippen molar-refractivity contribution in [3.63, 3.8) is 0 Å². The van der Waals surface area contributed by atoms with Gasteiger partial charge in [-0.05, 0) is 47.9 Å². The van der Waals surface area contributed by atoms with Gasteiger partial charge >= 0.3 is 0 Å². The zero-order valence-electron chi connectivity index (χ0n) is 14.0. The lowest BCUT2D eigenvalue weighted by Gasteiger charge is -2.07. The molecule has 3 N–H and O–H groups in total. The van der Waals surface area contributed by atoms with Gasteiger partial charge in [-0.1, -0.05) is 12.1 Å². The fourth-order valence-corrected chi connectivity index (χ4v) is 2.44. The van der Waals surface area contributed by atoms with E-state index in [4.69, 9.17) is 10.8 Å². The van der Waals surface area contributed by atoms with Gasteiger partial charge in [0.1, 0.15) is 11.3 Å². The second-order valence-electron chi connectivity index (χ2n) is 5.77. The van der Waals surface area contributed by atoms with Crippen LogP contribution in [0, 0.1) is 22.5 Å². The molecule has 0 saturated carbocycles. The summed E-state index contributed by atoms with van der Waals surface area (Å²) < 4.78 is 27.4. The van der Waals surface area contributed by atoms with Crippen LogP contribution in [0.1, 0.15) is 21.5 Å². The van der Waals surface area contributed by atoms with Crippen molar-refractivity contribution >= 4 is 18.1 Å². The third-order valence-electron chi connectivity index (χ3n) is 3.84. The summed E-state index contributed by atoms with van der Waals surface area (Å²) in [6, 6.07) is 9.95. The number of benzene rings is 1. The Kier molecular flexibility index (Phi) is 5.16. The Morgan fingerprint density at radius 1 is 1.11 bits per heavy atom. The number of nitrogens with one attached hydrogen (secondary N) is 3. The molecule has 0 unspecified atom stereocenters. The maximum atomic E-state index is 13.3. The van der Waals surface area contributed by atoms with Crippen LogP contribution in [-0.4, -0.2) is 21.8 Å². The normalized spacial score (nSPS) is 10.4.